The Hall–Kier alpha value is -0.570. The minimum atomic E-state index is -0.0611. The average Bonchev–Trinajstić information content (AvgIpc) is 2.53. The molecule has 0 unspecified atom stereocenters. The Kier molecular flexibility index (Phi) is 3.93. The molecular formula is C11H22N2O. The molecule has 1 aliphatic rings. The molecule has 0 aromatic carbocycles. The SMILES string of the molecule is CCNC(C)(C)CC(=O)N1CCCC1. The van der Waals surface area contributed by atoms with Crippen LogP contribution in [0, 0.1) is 0 Å². The number of carbonyl (C=O) groups excluding carboxylic acids is 1. The predicted molar refractivity (Wildman–Crippen MR) is 58.2 cm³/mol. The molecule has 1 fully saturated rings. The summed E-state index contributed by atoms with van der Waals surface area (Å²) in [6.45, 7) is 9.08. The molecule has 1 N–H and O–H groups in total. The van der Waals surface area contributed by atoms with E-state index in [2.05, 4.69) is 26.1 Å². The topological polar surface area (TPSA) is 32.3 Å². The van der Waals surface area contributed by atoms with Crippen molar-refractivity contribution in [3.05, 3.63) is 0 Å². The largest absolute Gasteiger partial charge is 0.343 e. The molecule has 0 atom stereocenters. The fraction of sp³-hybridized carbons (Fsp3) is 0.909. The first-order chi connectivity index (χ1) is 6.55. The van der Waals surface area contributed by atoms with E-state index in [1.54, 1.807) is 0 Å². The summed E-state index contributed by atoms with van der Waals surface area (Å²) in [7, 11) is 0. The highest BCUT2D eigenvalue weighted by Crippen LogP contribution is 2.14. The standard InChI is InChI=1S/C11H22N2O/c1-4-12-11(2,3)9-10(14)13-7-5-6-8-13/h12H,4-9H2,1-3H3. The monoisotopic (exact) mass is 198 g/mol. The van der Waals surface area contributed by atoms with Crippen LogP contribution in [0.25, 0.3) is 0 Å². The fourth-order valence-corrected chi connectivity index (χ4v) is 2.00. The van der Waals surface area contributed by atoms with Crippen molar-refractivity contribution in [2.45, 2.75) is 45.6 Å². The molecule has 1 heterocycles. The van der Waals surface area contributed by atoms with Gasteiger partial charge in [0.1, 0.15) is 0 Å². The van der Waals surface area contributed by atoms with Crippen LogP contribution in [0.15, 0.2) is 0 Å². The van der Waals surface area contributed by atoms with E-state index in [0.717, 1.165) is 19.6 Å². The van der Waals surface area contributed by atoms with Crippen molar-refractivity contribution in [2.75, 3.05) is 19.6 Å². The number of rotatable bonds is 4. The van der Waals surface area contributed by atoms with E-state index in [4.69, 9.17) is 0 Å². The summed E-state index contributed by atoms with van der Waals surface area (Å²) in [4.78, 5) is 13.8. The Balaban J connectivity index is 2.38. The maximum absolute atomic E-state index is 11.8. The van der Waals surface area contributed by atoms with Gasteiger partial charge in [-0.2, -0.15) is 0 Å². The van der Waals surface area contributed by atoms with Crippen LogP contribution >= 0.6 is 0 Å². The van der Waals surface area contributed by atoms with E-state index in [9.17, 15) is 4.79 Å². The molecule has 14 heavy (non-hydrogen) atoms. The van der Waals surface area contributed by atoms with Gasteiger partial charge in [0.25, 0.3) is 0 Å². The quantitative estimate of drug-likeness (QED) is 0.740. The van der Waals surface area contributed by atoms with Crippen LogP contribution in [0.4, 0.5) is 0 Å². The van der Waals surface area contributed by atoms with Crippen molar-refractivity contribution < 1.29 is 4.79 Å². The van der Waals surface area contributed by atoms with Crippen LogP contribution < -0.4 is 5.32 Å². The van der Waals surface area contributed by atoms with Gasteiger partial charge in [-0.15, -0.1) is 0 Å². The van der Waals surface area contributed by atoms with Crippen LogP contribution in [-0.2, 0) is 4.79 Å². The number of hydrogen-bond acceptors (Lipinski definition) is 2. The van der Waals surface area contributed by atoms with Gasteiger partial charge >= 0.3 is 0 Å². The molecule has 82 valence electrons. The highest BCUT2D eigenvalue weighted by atomic mass is 16.2. The minimum absolute atomic E-state index is 0.0611. The lowest BCUT2D eigenvalue weighted by molar-refractivity contribution is -0.131. The maximum atomic E-state index is 11.8. The van der Waals surface area contributed by atoms with Crippen LogP contribution in [-0.4, -0.2) is 36.0 Å². The van der Waals surface area contributed by atoms with E-state index < -0.39 is 0 Å². The number of nitrogens with zero attached hydrogens (tertiary/aromatic N) is 1. The van der Waals surface area contributed by atoms with Gasteiger partial charge in [0.05, 0.1) is 0 Å². The molecule has 0 bridgehead atoms. The zero-order valence-corrected chi connectivity index (χ0v) is 9.60. The zero-order chi connectivity index (χ0) is 10.6. The molecule has 0 radical (unpaired) electrons. The predicted octanol–water partition coefficient (Wildman–Crippen LogP) is 1.39. The molecule has 1 amide bonds. The average molecular weight is 198 g/mol. The van der Waals surface area contributed by atoms with E-state index in [-0.39, 0.29) is 5.54 Å². The highest BCUT2D eigenvalue weighted by molar-refractivity contribution is 5.77. The van der Waals surface area contributed by atoms with Gasteiger partial charge in [0.15, 0.2) is 0 Å². The van der Waals surface area contributed by atoms with E-state index in [0.29, 0.717) is 12.3 Å². The molecule has 0 saturated carbocycles. The number of likely N-dealkylation sites (tertiary alicyclic amines) is 1. The highest BCUT2D eigenvalue weighted by Gasteiger charge is 2.25. The molecule has 0 aromatic heterocycles. The third-order valence-electron chi connectivity index (χ3n) is 2.71. The van der Waals surface area contributed by atoms with Crippen LogP contribution in [0.1, 0.15) is 40.0 Å². The van der Waals surface area contributed by atoms with Crippen molar-refractivity contribution in [3.63, 3.8) is 0 Å². The second kappa shape index (κ2) is 4.78. The van der Waals surface area contributed by atoms with Gasteiger partial charge in [-0.05, 0) is 33.2 Å². The first-order valence-electron chi connectivity index (χ1n) is 5.58. The number of amides is 1. The summed E-state index contributed by atoms with van der Waals surface area (Å²) < 4.78 is 0. The maximum Gasteiger partial charge on any atom is 0.224 e. The molecule has 3 heteroatoms. The molecule has 1 aliphatic heterocycles. The lowest BCUT2D eigenvalue weighted by atomic mass is 10.00. The third kappa shape index (κ3) is 3.29. The Labute approximate surface area is 86.9 Å². The minimum Gasteiger partial charge on any atom is -0.343 e. The van der Waals surface area contributed by atoms with Gasteiger partial charge in [-0.25, -0.2) is 0 Å². The molecule has 3 nitrogen and oxygen atoms in total. The normalized spacial score (nSPS) is 17.5. The number of carbonyl (C=O) groups is 1. The van der Waals surface area contributed by atoms with Crippen LogP contribution in [0.5, 0.6) is 0 Å². The van der Waals surface area contributed by atoms with E-state index in [1.807, 2.05) is 4.90 Å². The van der Waals surface area contributed by atoms with Crippen LogP contribution in [0.2, 0.25) is 0 Å². The molecule has 1 saturated heterocycles. The second-order valence-electron chi connectivity index (χ2n) is 4.68. The smallest absolute Gasteiger partial charge is 0.224 e. The van der Waals surface area contributed by atoms with E-state index >= 15 is 0 Å². The molecule has 0 aliphatic carbocycles. The van der Waals surface area contributed by atoms with Crippen molar-refractivity contribution in [1.29, 1.82) is 0 Å². The summed E-state index contributed by atoms with van der Waals surface area (Å²) in [6.07, 6.45) is 2.96. The molecule has 1 rings (SSSR count). The number of hydrogen-bond donors (Lipinski definition) is 1. The van der Waals surface area contributed by atoms with Gasteiger partial charge in [-0.3, -0.25) is 4.79 Å². The van der Waals surface area contributed by atoms with E-state index in [1.165, 1.54) is 12.8 Å². The van der Waals surface area contributed by atoms with Crippen molar-refractivity contribution >= 4 is 5.91 Å². The first kappa shape index (κ1) is 11.5. The summed E-state index contributed by atoms with van der Waals surface area (Å²) in [5.74, 6) is 0.299. The fourth-order valence-electron chi connectivity index (χ4n) is 2.00. The third-order valence-corrected chi connectivity index (χ3v) is 2.71. The van der Waals surface area contributed by atoms with Gasteiger partial charge < -0.3 is 10.2 Å². The van der Waals surface area contributed by atoms with Gasteiger partial charge in [-0.1, -0.05) is 6.92 Å². The Bertz CT molecular complexity index is 195. The van der Waals surface area contributed by atoms with Crippen molar-refractivity contribution in [2.24, 2.45) is 0 Å². The van der Waals surface area contributed by atoms with Crippen molar-refractivity contribution in [3.8, 4) is 0 Å². The zero-order valence-electron chi connectivity index (χ0n) is 9.60. The Morgan fingerprint density at radius 2 is 1.93 bits per heavy atom. The lowest BCUT2D eigenvalue weighted by Gasteiger charge is -2.27. The van der Waals surface area contributed by atoms with Crippen LogP contribution in [0.3, 0.4) is 0 Å². The summed E-state index contributed by atoms with van der Waals surface area (Å²) in [5.41, 5.74) is -0.0611. The second-order valence-corrected chi connectivity index (χ2v) is 4.68. The number of nitrogens with one attached hydrogen (secondary N) is 1. The Morgan fingerprint density at radius 3 is 2.43 bits per heavy atom. The Morgan fingerprint density at radius 1 is 1.36 bits per heavy atom. The molecule has 0 spiro atoms. The summed E-state index contributed by atoms with van der Waals surface area (Å²) >= 11 is 0. The molecular weight excluding hydrogens is 176 g/mol. The van der Waals surface area contributed by atoms with Crippen molar-refractivity contribution in [1.82, 2.24) is 10.2 Å². The van der Waals surface area contributed by atoms with Gasteiger partial charge in [0.2, 0.25) is 5.91 Å². The van der Waals surface area contributed by atoms with Gasteiger partial charge in [0, 0.05) is 25.0 Å². The summed E-state index contributed by atoms with van der Waals surface area (Å²) in [5, 5.41) is 3.33. The lowest BCUT2D eigenvalue weighted by Crippen LogP contribution is -2.44. The first-order valence-corrected chi connectivity index (χ1v) is 5.58. The summed E-state index contributed by atoms with van der Waals surface area (Å²) in [6, 6.07) is 0. The molecule has 0 aromatic rings.